The van der Waals surface area contributed by atoms with Crippen molar-refractivity contribution >= 4 is 29.4 Å². The Balaban J connectivity index is 1.33. The summed E-state index contributed by atoms with van der Waals surface area (Å²) in [6, 6.07) is 17.3. The van der Waals surface area contributed by atoms with Gasteiger partial charge in [0.1, 0.15) is 0 Å². The lowest BCUT2D eigenvalue weighted by Gasteiger charge is -2.35. The Bertz CT molecular complexity index is 803. The second-order valence-electron chi connectivity index (χ2n) is 7.46. The van der Waals surface area contributed by atoms with Crippen LogP contribution in [0.1, 0.15) is 45.0 Å². The van der Waals surface area contributed by atoms with E-state index in [9.17, 15) is 4.79 Å². The van der Waals surface area contributed by atoms with Gasteiger partial charge in [-0.25, -0.2) is 0 Å². The van der Waals surface area contributed by atoms with Crippen molar-refractivity contribution in [2.45, 2.75) is 36.9 Å². The number of hydrogen-bond acceptors (Lipinski definition) is 4. The first-order valence-electron chi connectivity index (χ1n) is 10.2. The Labute approximate surface area is 176 Å². The van der Waals surface area contributed by atoms with E-state index in [-0.39, 0.29) is 5.91 Å². The van der Waals surface area contributed by atoms with Gasteiger partial charge in [-0.2, -0.15) is 0 Å². The van der Waals surface area contributed by atoms with Crippen LogP contribution in [0.4, 0.5) is 0 Å². The Morgan fingerprint density at radius 1 is 1.11 bits per heavy atom. The number of carbonyl (C=O) groups excluding carboxylic acids is 1. The Morgan fingerprint density at radius 3 is 2.54 bits per heavy atom. The van der Waals surface area contributed by atoms with Crippen LogP contribution in [-0.2, 0) is 13.0 Å². The molecular weight excluding hydrogens is 384 g/mol. The first kappa shape index (κ1) is 19.9. The first-order valence-corrected chi connectivity index (χ1v) is 12.3. The van der Waals surface area contributed by atoms with E-state index in [0.29, 0.717) is 17.2 Å². The Morgan fingerprint density at radius 2 is 1.82 bits per heavy atom. The van der Waals surface area contributed by atoms with E-state index in [1.54, 1.807) is 0 Å². The van der Waals surface area contributed by atoms with Gasteiger partial charge in [0.15, 0.2) is 0 Å². The largest absolute Gasteiger partial charge is 0.350 e. The molecule has 1 atom stereocenters. The number of rotatable bonds is 6. The highest BCUT2D eigenvalue weighted by Crippen LogP contribution is 2.45. The van der Waals surface area contributed by atoms with Gasteiger partial charge >= 0.3 is 0 Å². The lowest BCUT2D eigenvalue weighted by molar-refractivity contribution is 0.0926. The molecule has 1 N–H and O–H groups in total. The van der Waals surface area contributed by atoms with Crippen molar-refractivity contribution in [2.75, 3.05) is 24.6 Å². The SMILES string of the molecule is CCC(CNC(=O)c1ccc(C2SCCS2)cc1)N1CCc2ccccc2C1. The van der Waals surface area contributed by atoms with Gasteiger partial charge < -0.3 is 5.32 Å². The highest BCUT2D eigenvalue weighted by molar-refractivity contribution is 8.19. The maximum absolute atomic E-state index is 12.6. The minimum atomic E-state index is 0.0362. The second-order valence-corrected chi connectivity index (χ2v) is 10.2. The molecule has 28 heavy (non-hydrogen) atoms. The van der Waals surface area contributed by atoms with Gasteiger partial charge in [-0.1, -0.05) is 43.3 Å². The summed E-state index contributed by atoms with van der Waals surface area (Å²) in [6.07, 6.45) is 2.14. The summed E-state index contributed by atoms with van der Waals surface area (Å²) >= 11 is 3.99. The third-order valence-corrected chi connectivity index (χ3v) is 8.82. The molecular formula is C23H28N2OS2. The van der Waals surface area contributed by atoms with Crippen LogP contribution in [0.15, 0.2) is 48.5 Å². The van der Waals surface area contributed by atoms with Crippen molar-refractivity contribution in [1.29, 1.82) is 0 Å². The lowest BCUT2D eigenvalue weighted by atomic mass is 9.98. The average molecular weight is 413 g/mol. The normalized spacial score (nSPS) is 18.6. The first-order chi connectivity index (χ1) is 13.7. The van der Waals surface area contributed by atoms with Crippen molar-refractivity contribution in [2.24, 2.45) is 0 Å². The van der Waals surface area contributed by atoms with Gasteiger partial charge in [0.05, 0.1) is 4.58 Å². The molecule has 1 fully saturated rings. The molecule has 0 bridgehead atoms. The predicted molar refractivity (Wildman–Crippen MR) is 121 cm³/mol. The number of fused-ring (bicyclic) bond motifs is 1. The highest BCUT2D eigenvalue weighted by atomic mass is 32.2. The Kier molecular flexibility index (Phi) is 6.65. The molecule has 0 spiro atoms. The van der Waals surface area contributed by atoms with Crippen LogP contribution in [0, 0.1) is 0 Å². The minimum absolute atomic E-state index is 0.0362. The van der Waals surface area contributed by atoms with Crippen molar-refractivity contribution < 1.29 is 4.79 Å². The number of carbonyl (C=O) groups is 1. The summed E-state index contributed by atoms with van der Waals surface area (Å²) in [5.41, 5.74) is 4.98. The van der Waals surface area contributed by atoms with Gasteiger partial charge in [0.25, 0.3) is 5.91 Å². The summed E-state index contributed by atoms with van der Waals surface area (Å²) in [7, 11) is 0. The minimum Gasteiger partial charge on any atom is -0.350 e. The van der Waals surface area contributed by atoms with Crippen LogP contribution >= 0.6 is 23.5 Å². The molecule has 2 heterocycles. The quantitative estimate of drug-likeness (QED) is 0.743. The van der Waals surface area contributed by atoms with Gasteiger partial charge in [-0.3, -0.25) is 9.69 Å². The highest BCUT2D eigenvalue weighted by Gasteiger charge is 2.23. The van der Waals surface area contributed by atoms with E-state index < -0.39 is 0 Å². The summed E-state index contributed by atoms with van der Waals surface area (Å²) in [5.74, 6) is 2.47. The molecule has 2 aromatic rings. The molecule has 0 aromatic heterocycles. The third-order valence-electron chi connectivity index (χ3n) is 5.71. The van der Waals surface area contributed by atoms with Crippen LogP contribution < -0.4 is 5.32 Å². The van der Waals surface area contributed by atoms with Crippen LogP contribution in [0.3, 0.4) is 0 Å². The zero-order chi connectivity index (χ0) is 19.3. The van der Waals surface area contributed by atoms with Crippen LogP contribution in [-0.4, -0.2) is 41.4 Å². The van der Waals surface area contributed by atoms with Gasteiger partial charge in [-0.15, -0.1) is 23.5 Å². The Hall–Kier alpha value is -1.43. The van der Waals surface area contributed by atoms with Crippen molar-refractivity contribution in [3.63, 3.8) is 0 Å². The van der Waals surface area contributed by atoms with E-state index in [4.69, 9.17) is 0 Å². The smallest absolute Gasteiger partial charge is 0.251 e. The molecule has 2 aromatic carbocycles. The molecule has 0 radical (unpaired) electrons. The number of amides is 1. The molecule has 0 saturated carbocycles. The molecule has 2 aliphatic heterocycles. The fourth-order valence-corrected chi connectivity index (χ4v) is 6.88. The van der Waals surface area contributed by atoms with Crippen LogP contribution in [0.5, 0.6) is 0 Å². The topological polar surface area (TPSA) is 32.3 Å². The van der Waals surface area contributed by atoms with Crippen molar-refractivity contribution in [3.05, 3.63) is 70.8 Å². The molecule has 0 aliphatic carbocycles. The third kappa shape index (κ3) is 4.58. The standard InChI is InChI=1S/C23H28N2OS2/c1-2-21(25-12-11-17-5-3-4-6-20(17)16-25)15-24-22(26)18-7-9-19(10-8-18)23-27-13-14-28-23/h3-10,21,23H,2,11-16H2,1H3,(H,24,26). The van der Waals surface area contributed by atoms with Crippen molar-refractivity contribution in [1.82, 2.24) is 10.2 Å². The number of hydrogen-bond donors (Lipinski definition) is 1. The summed E-state index contributed by atoms with van der Waals surface area (Å²) in [6.45, 7) is 4.96. The maximum atomic E-state index is 12.6. The summed E-state index contributed by atoms with van der Waals surface area (Å²) < 4.78 is 0.531. The van der Waals surface area contributed by atoms with E-state index in [0.717, 1.165) is 31.5 Å². The molecule has 3 nitrogen and oxygen atoms in total. The molecule has 1 unspecified atom stereocenters. The number of nitrogens with one attached hydrogen (secondary N) is 1. The molecule has 4 rings (SSSR count). The molecule has 5 heteroatoms. The van der Waals surface area contributed by atoms with Gasteiger partial charge in [-0.05, 0) is 41.7 Å². The molecule has 148 valence electrons. The number of nitrogens with zero attached hydrogens (tertiary/aromatic N) is 1. The number of thioether (sulfide) groups is 2. The zero-order valence-electron chi connectivity index (χ0n) is 16.4. The fourth-order valence-electron chi connectivity index (χ4n) is 4.02. The fraction of sp³-hybridized carbons (Fsp3) is 0.435. The van der Waals surface area contributed by atoms with Crippen LogP contribution in [0.2, 0.25) is 0 Å². The molecule has 2 aliphatic rings. The predicted octanol–water partition coefficient (Wildman–Crippen LogP) is 4.73. The van der Waals surface area contributed by atoms with E-state index in [1.165, 1.54) is 28.2 Å². The van der Waals surface area contributed by atoms with E-state index in [2.05, 4.69) is 53.5 Å². The summed E-state index contributed by atoms with van der Waals surface area (Å²) in [5, 5.41) is 3.17. The van der Waals surface area contributed by atoms with Crippen molar-refractivity contribution in [3.8, 4) is 0 Å². The maximum Gasteiger partial charge on any atom is 0.251 e. The zero-order valence-corrected chi connectivity index (χ0v) is 18.0. The second kappa shape index (κ2) is 9.38. The molecule has 1 saturated heterocycles. The van der Waals surface area contributed by atoms with Gasteiger partial charge in [0, 0.05) is 42.7 Å². The summed E-state index contributed by atoms with van der Waals surface area (Å²) in [4.78, 5) is 15.2. The lowest BCUT2D eigenvalue weighted by Crippen LogP contribution is -2.45. The average Bonchev–Trinajstić information content (AvgIpc) is 3.29. The monoisotopic (exact) mass is 412 g/mol. The van der Waals surface area contributed by atoms with Crippen LogP contribution in [0.25, 0.3) is 0 Å². The van der Waals surface area contributed by atoms with E-state index in [1.807, 2.05) is 35.7 Å². The number of benzene rings is 2. The van der Waals surface area contributed by atoms with Gasteiger partial charge in [0.2, 0.25) is 0 Å². The van der Waals surface area contributed by atoms with E-state index >= 15 is 0 Å². The molecule has 1 amide bonds.